The Morgan fingerprint density at radius 2 is 2.09 bits per heavy atom. The average Bonchev–Trinajstić information content (AvgIpc) is 3.22. The molecule has 35 heavy (non-hydrogen) atoms. The molecule has 1 aromatic heterocycles. The van der Waals surface area contributed by atoms with E-state index in [9.17, 15) is 9.59 Å². The van der Waals surface area contributed by atoms with Gasteiger partial charge in [0.25, 0.3) is 0 Å². The Labute approximate surface area is 207 Å². The van der Waals surface area contributed by atoms with Crippen LogP contribution in [-0.2, 0) is 9.59 Å². The third-order valence-corrected chi connectivity index (χ3v) is 8.08. The molecule has 0 radical (unpaired) electrons. The molecule has 0 saturated carbocycles. The zero-order valence-corrected chi connectivity index (χ0v) is 20.2. The van der Waals surface area contributed by atoms with Crippen LogP contribution in [0.5, 0.6) is 5.75 Å². The summed E-state index contributed by atoms with van der Waals surface area (Å²) < 4.78 is 5.36. The van der Waals surface area contributed by atoms with E-state index in [4.69, 9.17) is 4.74 Å². The van der Waals surface area contributed by atoms with Gasteiger partial charge in [0, 0.05) is 47.7 Å². The first-order chi connectivity index (χ1) is 17.1. The first-order valence-corrected chi connectivity index (χ1v) is 12.8. The molecule has 4 heterocycles. The van der Waals surface area contributed by atoms with Crippen LogP contribution in [0, 0.1) is 0 Å². The lowest BCUT2D eigenvalue weighted by Crippen LogP contribution is -2.59. The van der Waals surface area contributed by atoms with Gasteiger partial charge in [-0.3, -0.25) is 14.6 Å². The van der Waals surface area contributed by atoms with E-state index in [1.54, 1.807) is 13.3 Å². The van der Waals surface area contributed by atoms with Crippen LogP contribution in [0.25, 0.3) is 10.9 Å². The van der Waals surface area contributed by atoms with E-state index in [0.717, 1.165) is 58.9 Å². The minimum atomic E-state index is -0.188. The van der Waals surface area contributed by atoms with Crippen molar-refractivity contribution in [1.82, 2.24) is 15.6 Å². The van der Waals surface area contributed by atoms with Gasteiger partial charge in [-0.25, -0.2) is 0 Å². The van der Waals surface area contributed by atoms with Crippen LogP contribution >= 0.6 is 11.8 Å². The molecule has 0 bridgehead atoms. The number of nitrogens with one attached hydrogen (secondary N) is 3. The quantitative estimate of drug-likeness (QED) is 0.490. The number of ether oxygens (including phenoxy) is 1. The van der Waals surface area contributed by atoms with Crippen molar-refractivity contribution in [3.05, 3.63) is 54.2 Å². The lowest BCUT2D eigenvalue weighted by Gasteiger charge is -2.42. The third-order valence-electron chi connectivity index (χ3n) is 7.01. The van der Waals surface area contributed by atoms with Gasteiger partial charge >= 0.3 is 0 Å². The highest BCUT2D eigenvalue weighted by atomic mass is 32.2. The number of carbonyl (C=O) groups excluding carboxylic acids is 2. The molecule has 2 amide bonds. The molecule has 2 fully saturated rings. The number of aromatic nitrogens is 1. The summed E-state index contributed by atoms with van der Waals surface area (Å²) in [5.41, 5.74) is 3.90. The van der Waals surface area contributed by atoms with Crippen LogP contribution in [0.4, 0.5) is 11.4 Å². The van der Waals surface area contributed by atoms with Crippen LogP contribution in [0.3, 0.4) is 0 Å². The number of benzene rings is 2. The molecule has 3 aliphatic heterocycles. The maximum atomic E-state index is 12.7. The molecule has 2 saturated heterocycles. The Balaban J connectivity index is 1.05. The topological polar surface area (TPSA) is 95.6 Å². The molecule has 8 nitrogen and oxygen atoms in total. The van der Waals surface area contributed by atoms with Crippen LogP contribution in [-0.4, -0.2) is 61.4 Å². The largest absolute Gasteiger partial charge is 0.495 e. The minimum absolute atomic E-state index is 0.00560. The first-order valence-electron chi connectivity index (χ1n) is 11.9. The SMILES string of the molecule is COc1cnc2cccc(N3CC(NCC4C[C@H](c5ccc6c(c5)NC(=O)CS6)C(=O)N4)C3)c2c1. The van der Waals surface area contributed by atoms with E-state index < -0.39 is 0 Å². The maximum Gasteiger partial charge on any atom is 0.234 e. The molecular formula is C26H27N5O3S. The Bertz CT molecular complexity index is 1310. The first kappa shape index (κ1) is 22.2. The van der Waals surface area contributed by atoms with E-state index in [0.29, 0.717) is 11.8 Å². The number of fused-ring (bicyclic) bond motifs is 2. The molecule has 3 aliphatic rings. The van der Waals surface area contributed by atoms with Crippen molar-refractivity contribution in [1.29, 1.82) is 0 Å². The van der Waals surface area contributed by atoms with Crippen molar-refractivity contribution in [3.63, 3.8) is 0 Å². The number of pyridine rings is 1. The van der Waals surface area contributed by atoms with Gasteiger partial charge in [-0.05, 0) is 42.3 Å². The number of hydrogen-bond donors (Lipinski definition) is 3. The zero-order valence-electron chi connectivity index (χ0n) is 19.4. The van der Waals surface area contributed by atoms with Gasteiger partial charge in [-0.1, -0.05) is 12.1 Å². The lowest BCUT2D eigenvalue weighted by molar-refractivity contribution is -0.120. The molecule has 3 N–H and O–H groups in total. The molecule has 180 valence electrons. The molecule has 1 unspecified atom stereocenters. The van der Waals surface area contributed by atoms with Gasteiger partial charge in [0.05, 0.1) is 36.2 Å². The van der Waals surface area contributed by atoms with Crippen LogP contribution < -0.4 is 25.6 Å². The molecule has 3 aromatic rings. The van der Waals surface area contributed by atoms with Gasteiger partial charge in [-0.2, -0.15) is 0 Å². The summed E-state index contributed by atoms with van der Waals surface area (Å²) >= 11 is 1.53. The number of amides is 2. The zero-order chi connectivity index (χ0) is 23.9. The van der Waals surface area contributed by atoms with Crippen molar-refractivity contribution in [3.8, 4) is 5.75 Å². The van der Waals surface area contributed by atoms with Gasteiger partial charge < -0.3 is 25.6 Å². The maximum absolute atomic E-state index is 12.7. The Kier molecular flexibility index (Phi) is 5.74. The van der Waals surface area contributed by atoms with Crippen molar-refractivity contribution in [2.75, 3.05) is 42.7 Å². The highest BCUT2D eigenvalue weighted by Crippen LogP contribution is 2.36. The number of carbonyl (C=O) groups is 2. The van der Waals surface area contributed by atoms with Gasteiger partial charge in [0.2, 0.25) is 11.8 Å². The Hall–Kier alpha value is -3.30. The fraction of sp³-hybridized carbons (Fsp3) is 0.346. The summed E-state index contributed by atoms with van der Waals surface area (Å²) in [6.45, 7) is 2.55. The standard InChI is InChI=1S/C26H27N5O3S/c1-34-18-9-20-21(28-11-18)3-2-4-23(20)31-12-17(13-31)27-10-16-8-19(26(33)29-16)15-5-6-24-22(7-15)30-25(32)14-35-24/h2-7,9,11,16-17,19,27H,8,10,12-14H2,1H3,(H,29,33)(H,30,32)/t16?,19-/m1/s1. The summed E-state index contributed by atoms with van der Waals surface area (Å²) in [6.07, 6.45) is 2.49. The summed E-state index contributed by atoms with van der Waals surface area (Å²) in [5, 5.41) is 10.8. The average molecular weight is 490 g/mol. The molecule has 6 rings (SSSR count). The van der Waals surface area contributed by atoms with Crippen molar-refractivity contribution < 1.29 is 14.3 Å². The summed E-state index contributed by atoms with van der Waals surface area (Å²) in [7, 11) is 1.66. The number of rotatable bonds is 6. The second kappa shape index (κ2) is 9.05. The predicted octanol–water partition coefficient (Wildman–Crippen LogP) is 2.74. The fourth-order valence-corrected chi connectivity index (χ4v) is 5.90. The van der Waals surface area contributed by atoms with E-state index in [1.807, 2.05) is 36.4 Å². The van der Waals surface area contributed by atoms with Gasteiger partial charge in [0.1, 0.15) is 5.75 Å². The smallest absolute Gasteiger partial charge is 0.234 e. The second-order valence-corrected chi connectivity index (χ2v) is 10.3. The van der Waals surface area contributed by atoms with E-state index in [2.05, 4.69) is 31.9 Å². The van der Waals surface area contributed by atoms with Crippen molar-refractivity contribution >= 4 is 45.9 Å². The van der Waals surface area contributed by atoms with Gasteiger partial charge in [0.15, 0.2) is 0 Å². The van der Waals surface area contributed by atoms with Crippen LogP contribution in [0.15, 0.2) is 53.6 Å². The molecule has 0 aliphatic carbocycles. The third kappa shape index (κ3) is 4.30. The summed E-state index contributed by atoms with van der Waals surface area (Å²) in [4.78, 5) is 32.3. The minimum Gasteiger partial charge on any atom is -0.495 e. The van der Waals surface area contributed by atoms with Crippen LogP contribution in [0.2, 0.25) is 0 Å². The van der Waals surface area contributed by atoms with E-state index in [1.165, 1.54) is 17.4 Å². The molecule has 0 spiro atoms. The number of hydrogen-bond acceptors (Lipinski definition) is 7. The summed E-state index contributed by atoms with van der Waals surface area (Å²) in [5.74, 6) is 1.07. The number of anilines is 2. The van der Waals surface area contributed by atoms with E-state index in [-0.39, 0.29) is 23.8 Å². The van der Waals surface area contributed by atoms with Crippen molar-refractivity contribution in [2.24, 2.45) is 0 Å². The Morgan fingerprint density at radius 1 is 1.20 bits per heavy atom. The number of methoxy groups -OCH3 is 1. The molecular weight excluding hydrogens is 462 g/mol. The van der Waals surface area contributed by atoms with Crippen LogP contribution in [0.1, 0.15) is 17.9 Å². The monoisotopic (exact) mass is 489 g/mol. The second-order valence-electron chi connectivity index (χ2n) is 9.32. The normalized spacial score (nSPS) is 21.9. The predicted molar refractivity (Wildman–Crippen MR) is 137 cm³/mol. The van der Waals surface area contributed by atoms with Gasteiger partial charge in [-0.15, -0.1) is 11.8 Å². The Morgan fingerprint density at radius 3 is 2.94 bits per heavy atom. The molecule has 2 atom stereocenters. The summed E-state index contributed by atoms with van der Waals surface area (Å²) in [6, 6.07) is 14.7. The number of nitrogens with zero attached hydrogens (tertiary/aromatic N) is 2. The highest BCUT2D eigenvalue weighted by Gasteiger charge is 2.35. The lowest BCUT2D eigenvalue weighted by atomic mass is 9.95. The molecule has 9 heteroatoms. The highest BCUT2D eigenvalue weighted by molar-refractivity contribution is 8.00. The van der Waals surface area contributed by atoms with Crippen molar-refractivity contribution in [2.45, 2.75) is 29.3 Å². The fourth-order valence-electron chi connectivity index (χ4n) is 5.11. The molecule has 2 aromatic carbocycles. The van der Waals surface area contributed by atoms with E-state index >= 15 is 0 Å². The number of thioether (sulfide) groups is 1.